The lowest BCUT2D eigenvalue weighted by molar-refractivity contribution is 0.0280. The number of benzene rings is 1. The van der Waals surface area contributed by atoms with Gasteiger partial charge in [-0.1, -0.05) is 18.2 Å². The molecule has 16 heavy (non-hydrogen) atoms. The van der Waals surface area contributed by atoms with Crippen LogP contribution in [0.4, 0.5) is 0 Å². The number of para-hydroxylation sites is 1. The Balaban J connectivity index is 1.93. The first-order valence-electron chi connectivity index (χ1n) is 5.90. The molecule has 0 aliphatic carbocycles. The number of nitrogens with two attached hydrogens (primary N) is 1. The van der Waals surface area contributed by atoms with Crippen LogP contribution in [0, 0.1) is 0 Å². The Bertz CT molecular complexity index is 387. The maximum atomic E-state index is 6.27. The minimum Gasteiger partial charge on any atom is -0.487 e. The van der Waals surface area contributed by atoms with Gasteiger partial charge in [-0.05, 0) is 30.4 Å². The van der Waals surface area contributed by atoms with Crippen molar-refractivity contribution in [2.75, 3.05) is 11.5 Å². The molecule has 3 rings (SSSR count). The normalized spacial score (nSPS) is 27.2. The van der Waals surface area contributed by atoms with Crippen LogP contribution in [0.5, 0.6) is 5.75 Å². The van der Waals surface area contributed by atoms with E-state index < -0.39 is 0 Å². The van der Waals surface area contributed by atoms with Crippen LogP contribution in [0.2, 0.25) is 0 Å². The Kier molecular flexibility index (Phi) is 2.60. The summed E-state index contributed by atoms with van der Waals surface area (Å²) in [6.45, 7) is 0. The molecular weight excluding hydrogens is 218 g/mol. The Morgan fingerprint density at radius 3 is 2.81 bits per heavy atom. The summed E-state index contributed by atoms with van der Waals surface area (Å²) in [5, 5.41) is 0. The van der Waals surface area contributed by atoms with E-state index in [4.69, 9.17) is 10.5 Å². The lowest BCUT2D eigenvalue weighted by Gasteiger charge is -2.43. The van der Waals surface area contributed by atoms with Crippen molar-refractivity contribution in [2.24, 2.45) is 5.73 Å². The van der Waals surface area contributed by atoms with E-state index in [0.29, 0.717) is 0 Å². The first-order chi connectivity index (χ1) is 7.79. The second-order valence-corrected chi connectivity index (χ2v) is 5.97. The largest absolute Gasteiger partial charge is 0.487 e. The fourth-order valence-electron chi connectivity index (χ4n) is 2.72. The number of ether oxygens (including phenoxy) is 1. The van der Waals surface area contributed by atoms with Crippen LogP contribution in [0.1, 0.15) is 30.9 Å². The van der Waals surface area contributed by atoms with Gasteiger partial charge in [0.1, 0.15) is 11.4 Å². The number of rotatable bonds is 0. The molecule has 0 amide bonds. The fraction of sp³-hybridized carbons (Fsp3) is 0.538. The van der Waals surface area contributed by atoms with Gasteiger partial charge in [0.2, 0.25) is 0 Å². The molecule has 2 heterocycles. The van der Waals surface area contributed by atoms with Gasteiger partial charge in [-0.2, -0.15) is 11.8 Å². The highest BCUT2D eigenvalue weighted by molar-refractivity contribution is 7.99. The minimum atomic E-state index is 0.0268. The third-order valence-corrected chi connectivity index (χ3v) is 4.63. The van der Waals surface area contributed by atoms with E-state index in [0.717, 1.165) is 25.0 Å². The second-order valence-electron chi connectivity index (χ2n) is 4.75. The zero-order chi connectivity index (χ0) is 11.0. The highest BCUT2D eigenvalue weighted by Crippen LogP contribution is 2.44. The molecule has 0 radical (unpaired) electrons. The van der Waals surface area contributed by atoms with Gasteiger partial charge in [0.15, 0.2) is 0 Å². The molecule has 86 valence electrons. The van der Waals surface area contributed by atoms with Gasteiger partial charge in [-0.3, -0.25) is 0 Å². The van der Waals surface area contributed by atoms with Gasteiger partial charge in [0.25, 0.3) is 0 Å². The van der Waals surface area contributed by atoms with Crippen LogP contribution < -0.4 is 10.5 Å². The van der Waals surface area contributed by atoms with Crippen molar-refractivity contribution in [1.29, 1.82) is 0 Å². The Labute approximate surface area is 101 Å². The molecule has 1 aromatic rings. The van der Waals surface area contributed by atoms with Crippen molar-refractivity contribution in [3.63, 3.8) is 0 Å². The molecular formula is C13H17NOS. The maximum Gasteiger partial charge on any atom is 0.124 e. The van der Waals surface area contributed by atoms with E-state index in [1.165, 1.54) is 17.1 Å². The monoisotopic (exact) mass is 235 g/mol. The molecule has 1 atom stereocenters. The fourth-order valence-corrected chi connectivity index (χ4v) is 3.95. The second kappa shape index (κ2) is 3.97. The van der Waals surface area contributed by atoms with Crippen molar-refractivity contribution in [2.45, 2.75) is 30.9 Å². The molecule has 1 saturated heterocycles. The smallest absolute Gasteiger partial charge is 0.124 e. The highest BCUT2D eigenvalue weighted by Gasteiger charge is 2.40. The van der Waals surface area contributed by atoms with Crippen LogP contribution in [0.25, 0.3) is 0 Å². The third kappa shape index (κ3) is 1.72. The molecule has 2 nitrogen and oxygen atoms in total. The number of hydrogen-bond acceptors (Lipinski definition) is 3. The van der Waals surface area contributed by atoms with Gasteiger partial charge in [0, 0.05) is 18.0 Å². The molecule has 2 aliphatic heterocycles. The molecule has 2 N–H and O–H groups in total. The average molecular weight is 235 g/mol. The molecule has 3 heteroatoms. The summed E-state index contributed by atoms with van der Waals surface area (Å²) in [5.41, 5.74) is 7.46. The summed E-state index contributed by atoms with van der Waals surface area (Å²) < 4.78 is 6.24. The third-order valence-electron chi connectivity index (χ3n) is 3.64. The lowest BCUT2D eigenvalue weighted by Crippen LogP contribution is -2.45. The highest BCUT2D eigenvalue weighted by atomic mass is 32.2. The first kappa shape index (κ1) is 10.5. The minimum absolute atomic E-state index is 0.0268. The number of fused-ring (bicyclic) bond motifs is 1. The van der Waals surface area contributed by atoms with Gasteiger partial charge < -0.3 is 10.5 Å². The van der Waals surface area contributed by atoms with Crippen LogP contribution in [0.3, 0.4) is 0 Å². The Hall–Kier alpha value is -0.670. The molecule has 1 aromatic carbocycles. The lowest BCUT2D eigenvalue weighted by atomic mass is 9.83. The predicted molar refractivity (Wildman–Crippen MR) is 67.9 cm³/mol. The van der Waals surface area contributed by atoms with Crippen molar-refractivity contribution in [1.82, 2.24) is 0 Å². The van der Waals surface area contributed by atoms with Gasteiger partial charge in [-0.15, -0.1) is 0 Å². The zero-order valence-corrected chi connectivity index (χ0v) is 10.1. The Morgan fingerprint density at radius 2 is 2.00 bits per heavy atom. The van der Waals surface area contributed by atoms with E-state index in [2.05, 4.69) is 12.1 Å². The summed E-state index contributed by atoms with van der Waals surface area (Å²) in [7, 11) is 0. The molecule has 1 fully saturated rings. The number of thioether (sulfide) groups is 1. The van der Waals surface area contributed by atoms with Gasteiger partial charge in [0.05, 0.1) is 0 Å². The van der Waals surface area contributed by atoms with E-state index >= 15 is 0 Å². The average Bonchev–Trinajstić information content (AvgIpc) is 2.30. The molecule has 0 unspecified atom stereocenters. The SMILES string of the molecule is N[C@H]1CC2(CCSCC2)Oc2ccccc21. The van der Waals surface area contributed by atoms with Crippen LogP contribution in [-0.2, 0) is 0 Å². The van der Waals surface area contributed by atoms with Crippen molar-refractivity contribution < 1.29 is 4.74 Å². The van der Waals surface area contributed by atoms with E-state index in [1.807, 2.05) is 23.9 Å². The topological polar surface area (TPSA) is 35.2 Å². The van der Waals surface area contributed by atoms with Crippen molar-refractivity contribution in [3.05, 3.63) is 29.8 Å². The quantitative estimate of drug-likeness (QED) is 0.751. The first-order valence-corrected chi connectivity index (χ1v) is 7.06. The van der Waals surface area contributed by atoms with Crippen molar-refractivity contribution >= 4 is 11.8 Å². The van der Waals surface area contributed by atoms with Gasteiger partial charge >= 0.3 is 0 Å². The van der Waals surface area contributed by atoms with E-state index in [1.54, 1.807) is 0 Å². The molecule has 0 aromatic heterocycles. The maximum absolute atomic E-state index is 6.27. The molecule has 2 aliphatic rings. The summed E-state index contributed by atoms with van der Waals surface area (Å²) in [4.78, 5) is 0. The molecule has 0 bridgehead atoms. The number of hydrogen-bond donors (Lipinski definition) is 1. The van der Waals surface area contributed by atoms with Crippen molar-refractivity contribution in [3.8, 4) is 5.75 Å². The van der Waals surface area contributed by atoms with E-state index in [-0.39, 0.29) is 11.6 Å². The zero-order valence-electron chi connectivity index (χ0n) is 9.32. The molecule has 0 saturated carbocycles. The van der Waals surface area contributed by atoms with Crippen LogP contribution >= 0.6 is 11.8 Å². The van der Waals surface area contributed by atoms with E-state index in [9.17, 15) is 0 Å². The summed E-state index contributed by atoms with van der Waals surface area (Å²) in [6, 6.07) is 8.36. The summed E-state index contributed by atoms with van der Waals surface area (Å²) >= 11 is 2.02. The Morgan fingerprint density at radius 1 is 1.25 bits per heavy atom. The van der Waals surface area contributed by atoms with Crippen LogP contribution in [-0.4, -0.2) is 17.1 Å². The molecule has 1 spiro atoms. The summed E-state index contributed by atoms with van der Waals surface area (Å²) in [6.07, 6.45) is 3.25. The standard InChI is InChI=1S/C13H17NOS/c14-11-9-13(5-7-16-8-6-13)15-12-4-2-1-3-10(11)12/h1-4,11H,5-9,14H2/t11-/m0/s1. The van der Waals surface area contributed by atoms with Crippen LogP contribution in [0.15, 0.2) is 24.3 Å². The predicted octanol–water partition coefficient (Wildman–Crippen LogP) is 2.73. The summed E-state index contributed by atoms with van der Waals surface area (Å²) in [5.74, 6) is 3.41. The van der Waals surface area contributed by atoms with Gasteiger partial charge in [-0.25, -0.2) is 0 Å².